The number of nitrogens with zero attached hydrogens (tertiary/aromatic N) is 1. The average molecular weight is 296 g/mol. The molecule has 1 atom stereocenters. The molecule has 19 heavy (non-hydrogen) atoms. The van der Waals surface area contributed by atoms with E-state index in [1.807, 2.05) is 13.8 Å². The molecule has 0 bridgehead atoms. The minimum absolute atomic E-state index is 0.186. The van der Waals surface area contributed by atoms with Gasteiger partial charge in [-0.05, 0) is 13.0 Å². The zero-order chi connectivity index (χ0) is 14.5. The summed E-state index contributed by atoms with van der Waals surface area (Å²) < 4.78 is 44.0. The maximum atomic E-state index is 12.9. The Hall–Kier alpha value is -0.660. The lowest BCUT2D eigenvalue weighted by molar-refractivity contribution is -0.141. The standard InChI is InChI=1S/C12H19F3N2OS/c1-4-6-8(18-3)11-17-10(12(13,14)15)9(19-11)7-16-5-2/h8,16H,4-7H2,1-3H3. The number of nitrogens with one attached hydrogen (secondary N) is 1. The Bertz CT molecular complexity index is 393. The summed E-state index contributed by atoms with van der Waals surface area (Å²) >= 11 is 1.08. The third kappa shape index (κ3) is 4.43. The number of hydrogen-bond donors (Lipinski definition) is 1. The number of halogens is 3. The minimum atomic E-state index is -4.41. The lowest BCUT2D eigenvalue weighted by atomic mass is 10.2. The highest BCUT2D eigenvalue weighted by Gasteiger charge is 2.38. The van der Waals surface area contributed by atoms with Crippen molar-refractivity contribution in [2.45, 2.75) is 45.5 Å². The largest absolute Gasteiger partial charge is 0.434 e. The van der Waals surface area contributed by atoms with Crippen LogP contribution in [0.15, 0.2) is 0 Å². The number of rotatable bonds is 7. The molecule has 0 saturated carbocycles. The number of aromatic nitrogens is 1. The normalized spacial score (nSPS) is 13.8. The van der Waals surface area contributed by atoms with Crippen molar-refractivity contribution in [3.8, 4) is 0 Å². The summed E-state index contributed by atoms with van der Waals surface area (Å²) in [7, 11) is 1.50. The van der Waals surface area contributed by atoms with Gasteiger partial charge in [-0.3, -0.25) is 0 Å². The van der Waals surface area contributed by atoms with Gasteiger partial charge < -0.3 is 10.1 Å². The smallest absolute Gasteiger partial charge is 0.374 e. The van der Waals surface area contributed by atoms with Gasteiger partial charge in [-0.2, -0.15) is 13.2 Å². The molecule has 110 valence electrons. The van der Waals surface area contributed by atoms with Crippen LogP contribution in [0.2, 0.25) is 0 Å². The van der Waals surface area contributed by atoms with E-state index in [2.05, 4.69) is 10.3 Å². The predicted molar refractivity (Wildman–Crippen MR) is 69.2 cm³/mol. The van der Waals surface area contributed by atoms with E-state index in [1.165, 1.54) is 7.11 Å². The fraction of sp³-hybridized carbons (Fsp3) is 0.750. The molecule has 1 aromatic heterocycles. The molecule has 1 N–H and O–H groups in total. The van der Waals surface area contributed by atoms with Gasteiger partial charge in [0.1, 0.15) is 11.1 Å². The molecule has 1 rings (SSSR count). The summed E-state index contributed by atoms with van der Waals surface area (Å²) in [4.78, 5) is 3.98. The van der Waals surface area contributed by atoms with Crippen LogP contribution in [0, 0.1) is 0 Å². The second-order valence-electron chi connectivity index (χ2n) is 4.11. The van der Waals surface area contributed by atoms with Gasteiger partial charge in [0.05, 0.1) is 4.88 Å². The van der Waals surface area contributed by atoms with Crippen molar-refractivity contribution in [2.75, 3.05) is 13.7 Å². The van der Waals surface area contributed by atoms with Gasteiger partial charge in [0, 0.05) is 13.7 Å². The number of ether oxygens (including phenoxy) is 1. The van der Waals surface area contributed by atoms with Crippen LogP contribution in [0.4, 0.5) is 13.2 Å². The van der Waals surface area contributed by atoms with Crippen molar-refractivity contribution in [2.24, 2.45) is 0 Å². The van der Waals surface area contributed by atoms with Crippen LogP contribution in [-0.4, -0.2) is 18.6 Å². The first kappa shape index (κ1) is 16.4. The Labute approximate surface area is 115 Å². The third-order valence-electron chi connectivity index (χ3n) is 2.63. The van der Waals surface area contributed by atoms with Crippen molar-refractivity contribution in [1.82, 2.24) is 10.3 Å². The minimum Gasteiger partial charge on any atom is -0.374 e. The maximum absolute atomic E-state index is 12.9. The molecule has 0 saturated heterocycles. The van der Waals surface area contributed by atoms with Crippen molar-refractivity contribution in [3.05, 3.63) is 15.6 Å². The van der Waals surface area contributed by atoms with E-state index >= 15 is 0 Å². The Balaban J connectivity index is 3.04. The average Bonchev–Trinajstić information content (AvgIpc) is 2.77. The molecular weight excluding hydrogens is 277 g/mol. The van der Waals surface area contributed by atoms with E-state index in [9.17, 15) is 13.2 Å². The van der Waals surface area contributed by atoms with E-state index in [-0.39, 0.29) is 17.5 Å². The molecule has 3 nitrogen and oxygen atoms in total. The summed E-state index contributed by atoms with van der Waals surface area (Å²) in [6.45, 7) is 4.62. The fourth-order valence-corrected chi connectivity index (χ4v) is 2.86. The van der Waals surface area contributed by atoms with E-state index in [0.29, 0.717) is 18.0 Å². The van der Waals surface area contributed by atoms with Crippen LogP contribution < -0.4 is 5.32 Å². The van der Waals surface area contributed by atoms with Crippen molar-refractivity contribution in [3.63, 3.8) is 0 Å². The first-order chi connectivity index (χ1) is 8.93. The maximum Gasteiger partial charge on any atom is 0.434 e. The summed E-state index contributed by atoms with van der Waals surface area (Å²) in [5.74, 6) is 0. The highest BCUT2D eigenvalue weighted by atomic mass is 32.1. The van der Waals surface area contributed by atoms with E-state index in [1.54, 1.807) is 0 Å². The molecule has 0 aliphatic carbocycles. The Morgan fingerprint density at radius 2 is 2.05 bits per heavy atom. The second-order valence-corrected chi connectivity index (χ2v) is 5.23. The molecule has 0 aliphatic heterocycles. The van der Waals surface area contributed by atoms with Crippen LogP contribution in [0.1, 0.15) is 48.4 Å². The molecule has 7 heteroatoms. The number of methoxy groups -OCH3 is 1. The summed E-state index contributed by atoms with van der Waals surface area (Å²) in [6.07, 6.45) is -3.26. The first-order valence-electron chi connectivity index (χ1n) is 6.24. The summed E-state index contributed by atoms with van der Waals surface area (Å²) in [6, 6.07) is 0. The zero-order valence-corrected chi connectivity index (χ0v) is 12.1. The van der Waals surface area contributed by atoms with Crippen LogP contribution in [0.5, 0.6) is 0 Å². The summed E-state index contributed by atoms with van der Waals surface area (Å²) in [5.41, 5.74) is -0.786. The molecule has 0 aliphatic rings. The van der Waals surface area contributed by atoms with E-state index < -0.39 is 11.9 Å². The van der Waals surface area contributed by atoms with Crippen molar-refractivity contribution in [1.29, 1.82) is 0 Å². The molecule has 0 spiro atoms. The van der Waals surface area contributed by atoms with Gasteiger partial charge in [0.25, 0.3) is 0 Å². The lowest BCUT2D eigenvalue weighted by Gasteiger charge is -2.10. The van der Waals surface area contributed by atoms with Gasteiger partial charge in [0.15, 0.2) is 5.69 Å². The quantitative estimate of drug-likeness (QED) is 0.832. The second kappa shape index (κ2) is 7.21. The first-order valence-corrected chi connectivity index (χ1v) is 7.05. The van der Waals surface area contributed by atoms with E-state index in [4.69, 9.17) is 4.74 Å². The van der Waals surface area contributed by atoms with E-state index in [0.717, 1.165) is 17.8 Å². The SMILES string of the molecule is CCCC(OC)c1nc(C(F)(F)F)c(CNCC)s1. The van der Waals surface area contributed by atoms with Crippen LogP contribution in [-0.2, 0) is 17.5 Å². The molecule has 0 aromatic carbocycles. The Morgan fingerprint density at radius 1 is 1.37 bits per heavy atom. The Kier molecular flexibility index (Phi) is 6.22. The van der Waals surface area contributed by atoms with Gasteiger partial charge >= 0.3 is 6.18 Å². The molecule has 1 aromatic rings. The molecule has 0 fully saturated rings. The predicted octanol–water partition coefficient (Wildman–Crippen LogP) is 3.76. The molecule has 0 radical (unpaired) electrons. The molecule has 0 amide bonds. The molecule has 1 heterocycles. The van der Waals surface area contributed by atoms with Crippen molar-refractivity contribution >= 4 is 11.3 Å². The van der Waals surface area contributed by atoms with Crippen LogP contribution >= 0.6 is 11.3 Å². The highest BCUT2D eigenvalue weighted by Crippen LogP contribution is 2.37. The number of thiazole rings is 1. The van der Waals surface area contributed by atoms with Gasteiger partial charge in [0.2, 0.25) is 0 Å². The highest BCUT2D eigenvalue weighted by molar-refractivity contribution is 7.11. The Morgan fingerprint density at radius 3 is 2.53 bits per heavy atom. The monoisotopic (exact) mass is 296 g/mol. The van der Waals surface area contributed by atoms with Gasteiger partial charge in [-0.25, -0.2) is 4.98 Å². The number of alkyl halides is 3. The third-order valence-corrected chi connectivity index (χ3v) is 3.78. The van der Waals surface area contributed by atoms with Crippen LogP contribution in [0.3, 0.4) is 0 Å². The van der Waals surface area contributed by atoms with Crippen LogP contribution in [0.25, 0.3) is 0 Å². The van der Waals surface area contributed by atoms with Crippen molar-refractivity contribution < 1.29 is 17.9 Å². The topological polar surface area (TPSA) is 34.1 Å². The number of hydrogen-bond acceptors (Lipinski definition) is 4. The molecule has 1 unspecified atom stereocenters. The zero-order valence-electron chi connectivity index (χ0n) is 11.3. The van der Waals surface area contributed by atoms with Gasteiger partial charge in [-0.15, -0.1) is 11.3 Å². The molecular formula is C12H19F3N2OS. The fourth-order valence-electron chi connectivity index (χ4n) is 1.69. The lowest BCUT2D eigenvalue weighted by Crippen LogP contribution is -2.15. The van der Waals surface area contributed by atoms with Gasteiger partial charge in [-0.1, -0.05) is 20.3 Å². The summed E-state index contributed by atoms with van der Waals surface area (Å²) in [5, 5.41) is 3.32.